The minimum Gasteiger partial charge on any atom is -0.243 e. The van der Waals surface area contributed by atoms with Crippen LogP contribution in [0.4, 0.5) is 0 Å². The molecular weight excluding hydrogens is 518 g/mol. The first-order valence-corrected chi connectivity index (χ1v) is 14.5. The van der Waals surface area contributed by atoms with Crippen molar-refractivity contribution in [1.82, 2.24) is 15.0 Å². The highest BCUT2D eigenvalue weighted by molar-refractivity contribution is 7.27. The summed E-state index contributed by atoms with van der Waals surface area (Å²) in [5, 5.41) is 9.39. The number of nitrogens with zero attached hydrogens (tertiary/aromatic N) is 3. The highest BCUT2D eigenvalue weighted by Crippen LogP contribution is 2.46. The summed E-state index contributed by atoms with van der Waals surface area (Å²) in [6, 6.07) is 44.6. The number of hydrogen-bond acceptors (Lipinski definition) is 4. The van der Waals surface area contributed by atoms with Gasteiger partial charge in [-0.25, -0.2) is 15.0 Å². The standard InChI is InChI=1S/C37H21N3S/c1-2-12-22(13-3-1)33-27-18-8-10-20-29(27)38-37(40-33)35-24-15-5-4-14-23(24)31-32-28-19-9-11-21-30(28)41-36(32)26-17-7-6-16-25(26)34(31)39-35/h1-21H. The topological polar surface area (TPSA) is 38.7 Å². The lowest BCUT2D eigenvalue weighted by molar-refractivity contribution is 1.20. The van der Waals surface area contributed by atoms with Crippen LogP contribution in [0.15, 0.2) is 127 Å². The van der Waals surface area contributed by atoms with E-state index in [1.807, 2.05) is 29.5 Å². The number of benzene rings is 6. The number of para-hydroxylation sites is 1. The van der Waals surface area contributed by atoms with E-state index in [2.05, 4.69) is 109 Å². The van der Waals surface area contributed by atoms with Crippen LogP contribution in [0.25, 0.3) is 86.3 Å². The van der Waals surface area contributed by atoms with Crippen LogP contribution in [0.2, 0.25) is 0 Å². The molecule has 6 aromatic carbocycles. The van der Waals surface area contributed by atoms with Crippen LogP contribution in [-0.2, 0) is 0 Å². The van der Waals surface area contributed by atoms with Crippen molar-refractivity contribution in [2.45, 2.75) is 0 Å². The molecule has 0 unspecified atom stereocenters. The molecule has 4 heteroatoms. The van der Waals surface area contributed by atoms with Crippen molar-refractivity contribution < 1.29 is 0 Å². The van der Waals surface area contributed by atoms with Gasteiger partial charge in [-0.2, -0.15) is 0 Å². The zero-order valence-corrected chi connectivity index (χ0v) is 22.7. The van der Waals surface area contributed by atoms with Crippen LogP contribution < -0.4 is 0 Å². The summed E-state index contributed by atoms with van der Waals surface area (Å²) in [6.45, 7) is 0. The zero-order chi connectivity index (χ0) is 26.9. The lowest BCUT2D eigenvalue weighted by Gasteiger charge is -2.14. The summed E-state index contributed by atoms with van der Waals surface area (Å²) in [6.07, 6.45) is 0. The first-order chi connectivity index (χ1) is 20.3. The molecule has 0 atom stereocenters. The lowest BCUT2D eigenvalue weighted by Crippen LogP contribution is -1.99. The van der Waals surface area contributed by atoms with Gasteiger partial charge >= 0.3 is 0 Å². The summed E-state index contributed by atoms with van der Waals surface area (Å²) in [5.41, 5.74) is 4.69. The SMILES string of the molecule is c1ccc(-c2nc(-c3nc4c5ccccc5c5sc6ccccc6c5c4c4ccccc34)nc3ccccc23)cc1. The average Bonchev–Trinajstić information content (AvgIpc) is 3.44. The Morgan fingerprint density at radius 2 is 1.05 bits per heavy atom. The van der Waals surface area contributed by atoms with Gasteiger partial charge in [-0.3, -0.25) is 0 Å². The van der Waals surface area contributed by atoms with E-state index in [-0.39, 0.29) is 0 Å². The van der Waals surface area contributed by atoms with Gasteiger partial charge in [0.05, 0.1) is 16.7 Å². The Bertz CT molecular complexity index is 2480. The minimum absolute atomic E-state index is 0.639. The molecule has 190 valence electrons. The van der Waals surface area contributed by atoms with E-state index >= 15 is 0 Å². The Hall–Kier alpha value is -5.19. The number of rotatable bonds is 2. The molecule has 3 heterocycles. The molecular formula is C37H21N3S. The summed E-state index contributed by atoms with van der Waals surface area (Å²) in [5.74, 6) is 0.639. The van der Waals surface area contributed by atoms with Gasteiger partial charge in [0.2, 0.25) is 0 Å². The first-order valence-electron chi connectivity index (χ1n) is 13.7. The normalized spacial score (nSPS) is 11.9. The Balaban J connectivity index is 1.48. The van der Waals surface area contributed by atoms with Crippen molar-refractivity contribution in [2.24, 2.45) is 0 Å². The van der Waals surface area contributed by atoms with Crippen LogP contribution in [-0.4, -0.2) is 15.0 Å². The molecule has 9 aromatic rings. The highest BCUT2D eigenvalue weighted by atomic mass is 32.1. The van der Waals surface area contributed by atoms with Gasteiger partial charge in [0.15, 0.2) is 5.82 Å². The van der Waals surface area contributed by atoms with Crippen molar-refractivity contribution in [2.75, 3.05) is 0 Å². The molecule has 0 aliphatic heterocycles. The van der Waals surface area contributed by atoms with Crippen LogP contribution >= 0.6 is 11.3 Å². The van der Waals surface area contributed by atoms with Gasteiger partial charge in [0, 0.05) is 52.7 Å². The van der Waals surface area contributed by atoms with Gasteiger partial charge in [-0.05, 0) is 17.5 Å². The van der Waals surface area contributed by atoms with Crippen molar-refractivity contribution in [3.05, 3.63) is 127 Å². The Labute approximate surface area is 239 Å². The number of thiophene rings is 1. The Morgan fingerprint density at radius 1 is 0.415 bits per heavy atom. The molecule has 9 rings (SSSR count). The van der Waals surface area contributed by atoms with Crippen LogP contribution in [0, 0.1) is 0 Å². The minimum atomic E-state index is 0.639. The predicted molar refractivity (Wildman–Crippen MR) is 174 cm³/mol. The monoisotopic (exact) mass is 539 g/mol. The third kappa shape index (κ3) is 3.28. The fourth-order valence-electron chi connectivity index (χ4n) is 6.25. The summed E-state index contributed by atoms with van der Waals surface area (Å²) in [4.78, 5) is 15.8. The van der Waals surface area contributed by atoms with Crippen LogP contribution in [0.3, 0.4) is 0 Å². The molecule has 0 saturated carbocycles. The Morgan fingerprint density at radius 3 is 1.88 bits per heavy atom. The average molecular weight is 540 g/mol. The van der Waals surface area contributed by atoms with E-state index in [0.717, 1.165) is 44.1 Å². The second kappa shape index (κ2) is 8.65. The fraction of sp³-hybridized carbons (Fsp3) is 0. The smallest absolute Gasteiger partial charge is 0.179 e. The molecule has 0 spiro atoms. The first kappa shape index (κ1) is 22.6. The van der Waals surface area contributed by atoms with Gasteiger partial charge in [0.25, 0.3) is 0 Å². The van der Waals surface area contributed by atoms with Crippen LogP contribution in [0.1, 0.15) is 0 Å². The molecule has 0 N–H and O–H groups in total. The van der Waals surface area contributed by atoms with Crippen molar-refractivity contribution >= 4 is 74.9 Å². The molecule has 0 aliphatic carbocycles. The van der Waals surface area contributed by atoms with Gasteiger partial charge in [0.1, 0.15) is 5.69 Å². The van der Waals surface area contributed by atoms with Crippen molar-refractivity contribution in [1.29, 1.82) is 0 Å². The molecule has 3 nitrogen and oxygen atoms in total. The molecule has 0 radical (unpaired) electrons. The molecule has 0 aliphatic rings. The van der Waals surface area contributed by atoms with Crippen molar-refractivity contribution in [3.8, 4) is 22.8 Å². The second-order valence-electron chi connectivity index (χ2n) is 10.4. The number of aromatic nitrogens is 3. The zero-order valence-electron chi connectivity index (χ0n) is 21.9. The van der Waals surface area contributed by atoms with E-state index in [9.17, 15) is 0 Å². The molecule has 3 aromatic heterocycles. The van der Waals surface area contributed by atoms with Crippen LogP contribution in [0.5, 0.6) is 0 Å². The number of fused-ring (bicyclic) bond motifs is 11. The van der Waals surface area contributed by atoms with Gasteiger partial charge in [-0.1, -0.05) is 115 Å². The summed E-state index contributed by atoms with van der Waals surface area (Å²) >= 11 is 1.86. The van der Waals surface area contributed by atoms with Crippen molar-refractivity contribution in [3.63, 3.8) is 0 Å². The third-order valence-corrected chi connectivity index (χ3v) is 9.25. The molecule has 41 heavy (non-hydrogen) atoms. The van der Waals surface area contributed by atoms with E-state index < -0.39 is 0 Å². The largest absolute Gasteiger partial charge is 0.243 e. The number of pyridine rings is 1. The third-order valence-electron chi connectivity index (χ3n) is 8.05. The molecule has 0 saturated heterocycles. The maximum absolute atomic E-state index is 5.46. The highest BCUT2D eigenvalue weighted by Gasteiger charge is 2.21. The summed E-state index contributed by atoms with van der Waals surface area (Å²) in [7, 11) is 0. The summed E-state index contributed by atoms with van der Waals surface area (Å²) < 4.78 is 2.60. The molecule has 0 bridgehead atoms. The van der Waals surface area contributed by atoms with E-state index in [4.69, 9.17) is 15.0 Å². The fourth-order valence-corrected chi connectivity index (χ4v) is 7.50. The molecule has 0 amide bonds. The van der Waals surface area contributed by atoms with E-state index in [1.54, 1.807) is 0 Å². The maximum Gasteiger partial charge on any atom is 0.179 e. The predicted octanol–water partition coefficient (Wildman–Crippen LogP) is 10.2. The second-order valence-corrected chi connectivity index (χ2v) is 11.4. The van der Waals surface area contributed by atoms with Gasteiger partial charge in [-0.15, -0.1) is 11.3 Å². The van der Waals surface area contributed by atoms with E-state index in [0.29, 0.717) is 5.82 Å². The maximum atomic E-state index is 5.46. The Kier molecular flexibility index (Phi) is 4.77. The van der Waals surface area contributed by atoms with E-state index in [1.165, 1.54) is 36.3 Å². The quantitative estimate of drug-likeness (QED) is 0.205. The molecule has 0 fully saturated rings. The lowest BCUT2D eigenvalue weighted by atomic mass is 9.95. The number of hydrogen-bond donors (Lipinski definition) is 0. The van der Waals surface area contributed by atoms with Gasteiger partial charge < -0.3 is 0 Å².